The number of hydrogen-bond acceptors (Lipinski definition) is 5. The predicted octanol–water partition coefficient (Wildman–Crippen LogP) is 5.50. The number of para-hydroxylation sites is 1. The van der Waals surface area contributed by atoms with Crippen molar-refractivity contribution >= 4 is 72.5 Å². The summed E-state index contributed by atoms with van der Waals surface area (Å²) in [7, 11) is 0. The molecule has 0 atom stereocenters. The van der Waals surface area contributed by atoms with Crippen LogP contribution >= 0.6 is 51.3 Å². The molecule has 5 nitrogen and oxygen atoms in total. The average molecular weight is 531 g/mol. The highest BCUT2D eigenvalue weighted by Crippen LogP contribution is 2.33. The number of hydrogen-bond donors (Lipinski definition) is 0. The highest BCUT2D eigenvalue weighted by molar-refractivity contribution is 9.10. The van der Waals surface area contributed by atoms with Crippen molar-refractivity contribution in [3.63, 3.8) is 0 Å². The highest BCUT2D eigenvalue weighted by atomic mass is 79.9. The molecule has 0 N–H and O–H groups in total. The first kappa shape index (κ1) is 23.4. The Morgan fingerprint density at radius 2 is 2.00 bits per heavy atom. The van der Waals surface area contributed by atoms with Gasteiger partial charge in [-0.05, 0) is 36.8 Å². The predicted molar refractivity (Wildman–Crippen MR) is 130 cm³/mol. The number of halogens is 3. The van der Waals surface area contributed by atoms with Crippen molar-refractivity contribution in [1.82, 2.24) is 9.88 Å². The topological polar surface area (TPSA) is 45.7 Å². The minimum Gasteiger partial charge on any atom is -0.379 e. The molecular formula is C21H22BrCl2N3O2S. The van der Waals surface area contributed by atoms with Crippen LogP contribution in [0.5, 0.6) is 0 Å². The lowest BCUT2D eigenvalue weighted by atomic mass is 10.2. The maximum atomic E-state index is 13.3. The number of aromatic nitrogens is 1. The molecule has 1 saturated heterocycles. The first-order valence-electron chi connectivity index (χ1n) is 9.54. The van der Waals surface area contributed by atoms with Gasteiger partial charge in [-0.1, -0.05) is 51.0 Å². The lowest BCUT2D eigenvalue weighted by Gasteiger charge is -2.27. The molecule has 0 radical (unpaired) electrons. The Hall–Kier alpha value is -1.22. The number of carbonyl (C=O) groups is 1. The number of rotatable bonds is 6. The lowest BCUT2D eigenvalue weighted by Crippen LogP contribution is -2.39. The minimum absolute atomic E-state index is 0. The molecular weight excluding hydrogens is 509 g/mol. The molecule has 2 aromatic carbocycles. The zero-order valence-corrected chi connectivity index (χ0v) is 20.2. The van der Waals surface area contributed by atoms with E-state index >= 15 is 0 Å². The van der Waals surface area contributed by atoms with Crippen molar-refractivity contribution in [2.45, 2.75) is 6.42 Å². The van der Waals surface area contributed by atoms with E-state index in [2.05, 4.69) is 20.8 Å². The second-order valence-corrected chi connectivity index (χ2v) is 9.19. The summed E-state index contributed by atoms with van der Waals surface area (Å²) in [5.74, 6) is -0.0524. The van der Waals surface area contributed by atoms with E-state index in [0.29, 0.717) is 22.3 Å². The van der Waals surface area contributed by atoms with Gasteiger partial charge in [-0.15, -0.1) is 12.4 Å². The molecule has 1 aliphatic heterocycles. The summed E-state index contributed by atoms with van der Waals surface area (Å²) < 4.78 is 7.28. The number of ether oxygens (including phenoxy) is 1. The molecule has 0 saturated carbocycles. The monoisotopic (exact) mass is 529 g/mol. The normalized spacial score (nSPS) is 14.5. The van der Waals surface area contributed by atoms with E-state index in [9.17, 15) is 4.79 Å². The Morgan fingerprint density at radius 1 is 1.23 bits per heavy atom. The quantitative estimate of drug-likeness (QED) is 0.422. The zero-order valence-electron chi connectivity index (χ0n) is 16.2. The van der Waals surface area contributed by atoms with Crippen molar-refractivity contribution in [2.75, 3.05) is 44.3 Å². The van der Waals surface area contributed by atoms with Gasteiger partial charge in [0.25, 0.3) is 5.91 Å². The van der Waals surface area contributed by atoms with Gasteiger partial charge >= 0.3 is 0 Å². The summed E-state index contributed by atoms with van der Waals surface area (Å²) in [6, 6.07) is 13.2. The maximum absolute atomic E-state index is 13.3. The summed E-state index contributed by atoms with van der Waals surface area (Å²) in [5.41, 5.74) is 1.38. The third kappa shape index (κ3) is 5.52. The van der Waals surface area contributed by atoms with Crippen LogP contribution in [0.25, 0.3) is 10.2 Å². The van der Waals surface area contributed by atoms with Crippen molar-refractivity contribution < 1.29 is 9.53 Å². The van der Waals surface area contributed by atoms with Crippen LogP contribution in [0.15, 0.2) is 46.9 Å². The maximum Gasteiger partial charge on any atom is 0.260 e. The first-order chi connectivity index (χ1) is 14.1. The van der Waals surface area contributed by atoms with Gasteiger partial charge in [-0.3, -0.25) is 14.6 Å². The highest BCUT2D eigenvalue weighted by Gasteiger charge is 2.22. The number of benzene rings is 2. The number of anilines is 1. The molecule has 0 spiro atoms. The largest absolute Gasteiger partial charge is 0.379 e. The van der Waals surface area contributed by atoms with E-state index in [1.165, 1.54) is 11.3 Å². The molecule has 0 aliphatic carbocycles. The molecule has 2 heterocycles. The molecule has 1 fully saturated rings. The van der Waals surface area contributed by atoms with Gasteiger partial charge in [0.2, 0.25) is 0 Å². The van der Waals surface area contributed by atoms with E-state index in [1.807, 2.05) is 42.5 Å². The first-order valence-corrected chi connectivity index (χ1v) is 11.5. The number of fused-ring (bicyclic) bond motifs is 1. The third-order valence-electron chi connectivity index (χ3n) is 4.87. The fourth-order valence-corrected chi connectivity index (χ4v) is 5.05. The van der Waals surface area contributed by atoms with E-state index in [0.717, 1.165) is 54.0 Å². The van der Waals surface area contributed by atoms with Gasteiger partial charge in [0.1, 0.15) is 5.52 Å². The Morgan fingerprint density at radius 3 is 2.73 bits per heavy atom. The van der Waals surface area contributed by atoms with Crippen molar-refractivity contribution in [3.8, 4) is 0 Å². The summed E-state index contributed by atoms with van der Waals surface area (Å²) in [6.45, 7) is 4.96. The minimum atomic E-state index is -0.0524. The van der Waals surface area contributed by atoms with Crippen LogP contribution < -0.4 is 4.90 Å². The Kier molecular flexibility index (Phi) is 8.51. The van der Waals surface area contributed by atoms with E-state index in [1.54, 1.807) is 4.90 Å². The Balaban J connectivity index is 0.00000256. The molecule has 160 valence electrons. The number of thiazole rings is 1. The second-order valence-electron chi connectivity index (χ2n) is 6.86. The van der Waals surface area contributed by atoms with Crippen molar-refractivity contribution in [2.24, 2.45) is 0 Å². The molecule has 0 bridgehead atoms. The van der Waals surface area contributed by atoms with E-state index in [-0.39, 0.29) is 18.3 Å². The van der Waals surface area contributed by atoms with Crippen LogP contribution in [-0.4, -0.2) is 55.2 Å². The molecule has 4 rings (SSSR count). The second kappa shape index (κ2) is 10.9. The molecule has 3 aromatic rings. The summed E-state index contributed by atoms with van der Waals surface area (Å²) in [6.07, 6.45) is 0.864. The van der Waals surface area contributed by atoms with E-state index in [4.69, 9.17) is 21.3 Å². The molecule has 1 aliphatic rings. The molecule has 9 heteroatoms. The molecule has 0 unspecified atom stereocenters. The number of amides is 1. The van der Waals surface area contributed by atoms with Crippen molar-refractivity contribution in [1.29, 1.82) is 0 Å². The Labute approximate surface area is 199 Å². The van der Waals surface area contributed by atoms with Crippen molar-refractivity contribution in [3.05, 3.63) is 57.5 Å². The summed E-state index contributed by atoms with van der Waals surface area (Å²) >= 11 is 11.3. The molecule has 30 heavy (non-hydrogen) atoms. The zero-order chi connectivity index (χ0) is 20.2. The van der Waals surface area contributed by atoms with Gasteiger partial charge in [0.15, 0.2) is 5.13 Å². The van der Waals surface area contributed by atoms with Gasteiger partial charge in [-0.2, -0.15) is 0 Å². The van der Waals surface area contributed by atoms with Gasteiger partial charge in [0.05, 0.1) is 22.9 Å². The van der Waals surface area contributed by atoms with Crippen LogP contribution in [0.1, 0.15) is 16.8 Å². The van der Waals surface area contributed by atoms with E-state index < -0.39 is 0 Å². The SMILES string of the molecule is Cl.O=C(c1cccc(Br)c1)N(CCCN1CCOCC1)c1nc2c(Cl)cccc2s1. The summed E-state index contributed by atoms with van der Waals surface area (Å²) in [5, 5.41) is 1.29. The van der Waals surface area contributed by atoms with Crippen LogP contribution in [0.2, 0.25) is 5.02 Å². The number of carbonyl (C=O) groups excluding carboxylic acids is 1. The molecule has 1 amide bonds. The smallest absolute Gasteiger partial charge is 0.260 e. The number of morpholine rings is 1. The van der Waals surface area contributed by atoms with Gasteiger partial charge in [-0.25, -0.2) is 4.98 Å². The number of nitrogens with zero attached hydrogens (tertiary/aromatic N) is 3. The van der Waals surface area contributed by atoms with Crippen LogP contribution in [0.4, 0.5) is 5.13 Å². The van der Waals surface area contributed by atoms with Gasteiger partial charge in [0, 0.05) is 36.2 Å². The lowest BCUT2D eigenvalue weighted by molar-refractivity contribution is 0.0376. The van der Waals surface area contributed by atoms with Crippen LogP contribution in [0.3, 0.4) is 0 Å². The standard InChI is InChI=1S/C21H21BrClN3O2S.ClH/c22-16-5-1-4-15(14-16)20(27)26(9-3-8-25-10-12-28-13-11-25)21-24-19-17(23)6-2-7-18(19)29-21;/h1-2,4-7,14H,3,8-13H2;1H. The third-order valence-corrected chi connectivity index (χ3v) is 6.71. The van der Waals surface area contributed by atoms with Crippen LogP contribution in [0, 0.1) is 0 Å². The van der Waals surface area contributed by atoms with Gasteiger partial charge < -0.3 is 4.74 Å². The summed E-state index contributed by atoms with van der Waals surface area (Å²) in [4.78, 5) is 22.2. The fraction of sp³-hybridized carbons (Fsp3) is 0.333. The average Bonchev–Trinajstić information content (AvgIpc) is 3.17. The molecule has 1 aromatic heterocycles. The Bertz CT molecular complexity index is 1010. The fourth-order valence-electron chi connectivity index (χ4n) is 3.36. The van der Waals surface area contributed by atoms with Crippen LogP contribution in [-0.2, 0) is 4.74 Å².